The van der Waals surface area contributed by atoms with Crippen LogP contribution in [0.4, 0.5) is 0 Å². The Bertz CT molecular complexity index is 418. The number of primary amides is 1. The predicted octanol–water partition coefficient (Wildman–Crippen LogP) is 6.53. The first-order chi connectivity index (χ1) is 14.3. The third kappa shape index (κ3) is 43.4. The Morgan fingerprint density at radius 2 is 1.29 bits per heavy atom. The van der Waals surface area contributed by atoms with Crippen LogP contribution >= 0.6 is 0 Å². The molecule has 0 heterocycles. The predicted molar refractivity (Wildman–Crippen MR) is 136 cm³/mol. The summed E-state index contributed by atoms with van der Waals surface area (Å²) in [4.78, 5) is 32.0. The van der Waals surface area contributed by atoms with Crippen molar-refractivity contribution in [3.8, 4) is 0 Å². The SMILES string of the molecule is CC(C)C.CCC(C)C.CCCC(=O)NCC(C)=O.CCCC(CC(C)CC)C(N)=O. The Morgan fingerprint density at radius 3 is 1.55 bits per heavy atom. The van der Waals surface area contributed by atoms with Crippen LogP contribution in [0.3, 0.4) is 0 Å². The van der Waals surface area contributed by atoms with E-state index in [1.165, 1.54) is 13.3 Å². The molecule has 0 aliphatic heterocycles. The Morgan fingerprint density at radius 1 is 0.839 bits per heavy atom. The van der Waals surface area contributed by atoms with Crippen LogP contribution in [0.1, 0.15) is 121 Å². The maximum atomic E-state index is 11.0. The molecule has 2 amide bonds. The Kier molecular flexibility index (Phi) is 31.8. The fourth-order valence-electron chi connectivity index (χ4n) is 1.92. The van der Waals surface area contributed by atoms with Gasteiger partial charge in [-0.2, -0.15) is 0 Å². The second-order valence-corrected chi connectivity index (χ2v) is 9.40. The monoisotopic (exact) mass is 444 g/mol. The van der Waals surface area contributed by atoms with Crippen LogP contribution in [0, 0.1) is 23.7 Å². The maximum absolute atomic E-state index is 11.0. The van der Waals surface area contributed by atoms with Crippen molar-refractivity contribution in [3.63, 3.8) is 0 Å². The van der Waals surface area contributed by atoms with E-state index in [1.807, 2.05) is 6.92 Å². The molecular weight excluding hydrogens is 388 g/mol. The third-order valence-corrected chi connectivity index (χ3v) is 4.25. The highest BCUT2D eigenvalue weighted by molar-refractivity contribution is 5.84. The summed E-state index contributed by atoms with van der Waals surface area (Å²) in [5.74, 6) is 2.26. The van der Waals surface area contributed by atoms with Gasteiger partial charge in [-0.05, 0) is 43.9 Å². The Labute approximate surface area is 194 Å². The van der Waals surface area contributed by atoms with Gasteiger partial charge in [0.1, 0.15) is 5.78 Å². The summed E-state index contributed by atoms with van der Waals surface area (Å²) >= 11 is 0. The lowest BCUT2D eigenvalue weighted by molar-refractivity contribution is -0.124. The van der Waals surface area contributed by atoms with E-state index >= 15 is 0 Å². The molecule has 0 spiro atoms. The molecule has 0 aliphatic rings. The van der Waals surface area contributed by atoms with Gasteiger partial charge in [0, 0.05) is 12.3 Å². The van der Waals surface area contributed by atoms with Crippen LogP contribution in [-0.2, 0) is 14.4 Å². The van der Waals surface area contributed by atoms with Crippen molar-refractivity contribution in [1.82, 2.24) is 5.32 Å². The van der Waals surface area contributed by atoms with Gasteiger partial charge in [0.25, 0.3) is 0 Å². The molecule has 0 aliphatic carbocycles. The number of rotatable bonds is 11. The van der Waals surface area contributed by atoms with Crippen LogP contribution in [0.5, 0.6) is 0 Å². The number of amides is 2. The minimum Gasteiger partial charge on any atom is -0.369 e. The van der Waals surface area contributed by atoms with Gasteiger partial charge in [-0.15, -0.1) is 0 Å². The van der Waals surface area contributed by atoms with Gasteiger partial charge in [-0.3, -0.25) is 14.4 Å². The van der Waals surface area contributed by atoms with E-state index in [-0.39, 0.29) is 30.1 Å². The zero-order valence-corrected chi connectivity index (χ0v) is 22.8. The van der Waals surface area contributed by atoms with Crippen molar-refractivity contribution in [1.29, 1.82) is 0 Å². The Balaban J connectivity index is -0.000000172. The molecular formula is C26H56N2O3. The number of nitrogens with two attached hydrogens (primary N) is 1. The molecule has 0 saturated carbocycles. The molecule has 0 aromatic rings. The molecule has 2 atom stereocenters. The first-order valence-electron chi connectivity index (χ1n) is 12.3. The summed E-state index contributed by atoms with van der Waals surface area (Å²) in [6.45, 7) is 23.1. The summed E-state index contributed by atoms with van der Waals surface area (Å²) in [6, 6.07) is 0. The molecule has 0 aromatic heterocycles. The zero-order valence-electron chi connectivity index (χ0n) is 22.8. The zero-order chi connectivity index (χ0) is 25.4. The van der Waals surface area contributed by atoms with Crippen molar-refractivity contribution in [2.75, 3.05) is 6.54 Å². The van der Waals surface area contributed by atoms with E-state index in [4.69, 9.17) is 5.73 Å². The van der Waals surface area contributed by atoms with E-state index in [0.29, 0.717) is 12.3 Å². The molecule has 188 valence electrons. The smallest absolute Gasteiger partial charge is 0.220 e. The lowest BCUT2D eigenvalue weighted by atomic mass is 9.90. The topological polar surface area (TPSA) is 89.3 Å². The Hall–Kier alpha value is -1.39. The van der Waals surface area contributed by atoms with Crippen LogP contribution < -0.4 is 11.1 Å². The van der Waals surface area contributed by atoms with Gasteiger partial charge in [0.05, 0.1) is 6.54 Å². The number of nitrogens with one attached hydrogen (secondary N) is 1. The minimum absolute atomic E-state index is 0.00977. The number of hydrogen-bond donors (Lipinski definition) is 2. The second-order valence-electron chi connectivity index (χ2n) is 9.40. The molecule has 0 saturated heterocycles. The van der Waals surface area contributed by atoms with Crippen LogP contribution in [-0.4, -0.2) is 24.1 Å². The lowest BCUT2D eigenvalue weighted by Crippen LogP contribution is -2.27. The van der Waals surface area contributed by atoms with Gasteiger partial charge >= 0.3 is 0 Å². The summed E-state index contributed by atoms with van der Waals surface area (Å²) in [5, 5.41) is 2.49. The average molecular weight is 445 g/mol. The van der Waals surface area contributed by atoms with E-state index in [0.717, 1.165) is 43.9 Å². The molecule has 31 heavy (non-hydrogen) atoms. The standard InChI is InChI=1S/C10H21NO.C7H13NO2.C5H12.C4H10/c1-4-6-9(10(11)12)7-8(3)5-2;1-3-4-7(10)8-5-6(2)9;1-4-5(2)3;1-4(2)3/h8-9H,4-7H2,1-3H3,(H2,11,12);3-5H2,1-2H3,(H,8,10);5H,4H2,1-3H3;4H,1-3H3. The van der Waals surface area contributed by atoms with E-state index < -0.39 is 0 Å². The highest BCUT2D eigenvalue weighted by atomic mass is 16.2. The number of Topliss-reactive ketones (excluding diaryl/α,β-unsaturated/α-hetero) is 1. The lowest BCUT2D eigenvalue weighted by Gasteiger charge is -2.15. The van der Waals surface area contributed by atoms with E-state index in [1.54, 1.807) is 0 Å². The van der Waals surface area contributed by atoms with Crippen LogP contribution in [0.25, 0.3) is 0 Å². The molecule has 0 bridgehead atoms. The molecule has 0 fully saturated rings. The molecule has 2 unspecified atom stereocenters. The fourth-order valence-corrected chi connectivity index (χ4v) is 1.92. The molecule has 0 radical (unpaired) electrons. The molecule has 5 heteroatoms. The summed E-state index contributed by atoms with van der Waals surface area (Å²) in [5.41, 5.74) is 5.29. The van der Waals surface area contributed by atoms with Gasteiger partial charge in [-0.25, -0.2) is 0 Å². The van der Waals surface area contributed by atoms with Crippen molar-refractivity contribution >= 4 is 17.6 Å². The fraction of sp³-hybridized carbons (Fsp3) is 0.885. The van der Waals surface area contributed by atoms with Gasteiger partial charge in [0.2, 0.25) is 11.8 Å². The van der Waals surface area contributed by atoms with E-state index in [2.05, 4.69) is 67.6 Å². The normalized spacial score (nSPS) is 11.6. The summed E-state index contributed by atoms with van der Waals surface area (Å²) in [6.07, 6.45) is 6.72. The molecule has 5 nitrogen and oxygen atoms in total. The molecule has 3 N–H and O–H groups in total. The number of carbonyl (C=O) groups is 3. The summed E-state index contributed by atoms with van der Waals surface area (Å²) < 4.78 is 0. The van der Waals surface area contributed by atoms with Crippen molar-refractivity contribution < 1.29 is 14.4 Å². The molecule has 0 rings (SSSR count). The average Bonchev–Trinajstić information content (AvgIpc) is 2.66. The summed E-state index contributed by atoms with van der Waals surface area (Å²) in [7, 11) is 0. The van der Waals surface area contributed by atoms with Gasteiger partial charge in [-0.1, -0.05) is 88.5 Å². The maximum Gasteiger partial charge on any atom is 0.220 e. The van der Waals surface area contributed by atoms with Gasteiger partial charge in [0.15, 0.2) is 0 Å². The van der Waals surface area contributed by atoms with Crippen molar-refractivity contribution in [3.05, 3.63) is 0 Å². The van der Waals surface area contributed by atoms with Crippen molar-refractivity contribution in [2.45, 2.75) is 121 Å². The highest BCUT2D eigenvalue weighted by Gasteiger charge is 2.16. The molecule has 0 aromatic carbocycles. The quantitative estimate of drug-likeness (QED) is 0.379. The second kappa shape index (κ2) is 26.6. The van der Waals surface area contributed by atoms with E-state index in [9.17, 15) is 14.4 Å². The van der Waals surface area contributed by atoms with Crippen LogP contribution in [0.2, 0.25) is 0 Å². The van der Waals surface area contributed by atoms with Crippen molar-refractivity contribution in [2.24, 2.45) is 29.4 Å². The third-order valence-electron chi connectivity index (χ3n) is 4.25. The van der Waals surface area contributed by atoms with Gasteiger partial charge < -0.3 is 11.1 Å². The first-order valence-corrected chi connectivity index (χ1v) is 12.3. The number of carbonyl (C=O) groups excluding carboxylic acids is 3. The highest BCUT2D eigenvalue weighted by Crippen LogP contribution is 2.18. The van der Waals surface area contributed by atoms with Crippen LogP contribution in [0.15, 0.2) is 0 Å². The number of hydrogen-bond acceptors (Lipinski definition) is 3. The minimum atomic E-state index is -0.128. The number of ketones is 1. The largest absolute Gasteiger partial charge is 0.369 e. The first kappa shape index (κ1) is 37.0.